The molecule has 18 heavy (non-hydrogen) atoms. The summed E-state index contributed by atoms with van der Waals surface area (Å²) >= 11 is 0. The van der Waals surface area contributed by atoms with Crippen molar-refractivity contribution in [1.29, 1.82) is 0 Å². The van der Waals surface area contributed by atoms with Gasteiger partial charge in [-0.1, -0.05) is 0 Å². The zero-order valence-corrected chi connectivity index (χ0v) is 10.5. The molecule has 4 nitrogen and oxygen atoms in total. The van der Waals surface area contributed by atoms with Crippen LogP contribution in [0.25, 0.3) is 0 Å². The van der Waals surface area contributed by atoms with Crippen LogP contribution in [-0.2, 0) is 4.74 Å². The SMILES string of the molecule is OCC1CC2CC(CO)C3C4C(O)OCC4C1C23. The minimum Gasteiger partial charge on any atom is -0.396 e. The largest absolute Gasteiger partial charge is 0.396 e. The van der Waals surface area contributed by atoms with Crippen LogP contribution < -0.4 is 0 Å². The first-order valence-corrected chi connectivity index (χ1v) is 7.27. The fourth-order valence-electron chi connectivity index (χ4n) is 6.10. The lowest BCUT2D eigenvalue weighted by Crippen LogP contribution is -2.29. The van der Waals surface area contributed by atoms with E-state index in [0.717, 1.165) is 12.8 Å². The number of hydrogen-bond acceptors (Lipinski definition) is 4. The lowest BCUT2D eigenvalue weighted by atomic mass is 9.82. The maximum absolute atomic E-state index is 10.1. The van der Waals surface area contributed by atoms with Gasteiger partial charge < -0.3 is 20.1 Å². The number of rotatable bonds is 2. The Hall–Kier alpha value is -0.160. The van der Waals surface area contributed by atoms with E-state index in [1.54, 1.807) is 0 Å². The monoisotopic (exact) mass is 254 g/mol. The van der Waals surface area contributed by atoms with Gasteiger partial charge in [0.15, 0.2) is 6.29 Å². The second-order valence-electron chi connectivity index (χ2n) is 6.81. The highest BCUT2D eigenvalue weighted by Gasteiger charge is 2.67. The highest BCUT2D eigenvalue weighted by molar-refractivity contribution is 5.13. The highest BCUT2D eigenvalue weighted by Crippen LogP contribution is 2.68. The number of ether oxygens (including phenoxy) is 1. The molecule has 3 aliphatic carbocycles. The van der Waals surface area contributed by atoms with Crippen molar-refractivity contribution in [1.82, 2.24) is 0 Å². The van der Waals surface area contributed by atoms with Crippen molar-refractivity contribution in [2.75, 3.05) is 19.8 Å². The molecule has 0 radical (unpaired) electrons. The summed E-state index contributed by atoms with van der Waals surface area (Å²) in [5, 5.41) is 29.3. The van der Waals surface area contributed by atoms with Gasteiger partial charge in [0, 0.05) is 19.1 Å². The van der Waals surface area contributed by atoms with Crippen LogP contribution in [0.3, 0.4) is 0 Å². The molecule has 1 aliphatic heterocycles. The molecule has 9 unspecified atom stereocenters. The van der Waals surface area contributed by atoms with Crippen LogP contribution in [0.15, 0.2) is 0 Å². The van der Waals surface area contributed by atoms with Gasteiger partial charge in [-0.25, -0.2) is 0 Å². The molecule has 4 aliphatic rings. The van der Waals surface area contributed by atoms with Crippen LogP contribution in [0, 0.1) is 47.3 Å². The van der Waals surface area contributed by atoms with E-state index in [1.165, 1.54) is 0 Å². The van der Waals surface area contributed by atoms with Gasteiger partial charge >= 0.3 is 0 Å². The number of aliphatic hydroxyl groups excluding tert-OH is 3. The second kappa shape index (κ2) is 3.92. The van der Waals surface area contributed by atoms with E-state index in [-0.39, 0.29) is 19.1 Å². The van der Waals surface area contributed by atoms with E-state index in [0.29, 0.717) is 48.0 Å². The molecule has 1 heterocycles. The van der Waals surface area contributed by atoms with Gasteiger partial charge in [0.2, 0.25) is 0 Å². The molecule has 9 atom stereocenters. The average molecular weight is 254 g/mol. The standard InChI is InChI=1S/C14H22O4/c15-3-7-1-6-2-8(4-16)12-11(6)10(7)9-5-18-14(17)13(9)12/h6-17H,1-5H2. The molecule has 0 spiro atoms. The Morgan fingerprint density at radius 2 is 1.56 bits per heavy atom. The van der Waals surface area contributed by atoms with Crippen LogP contribution in [0.4, 0.5) is 0 Å². The van der Waals surface area contributed by atoms with Crippen LogP contribution in [0.1, 0.15) is 12.8 Å². The second-order valence-corrected chi connectivity index (χ2v) is 6.81. The Morgan fingerprint density at radius 3 is 2.22 bits per heavy atom. The van der Waals surface area contributed by atoms with E-state index >= 15 is 0 Å². The van der Waals surface area contributed by atoms with Crippen LogP contribution >= 0.6 is 0 Å². The first-order valence-electron chi connectivity index (χ1n) is 7.27. The molecule has 4 heteroatoms. The molecule has 0 aromatic carbocycles. The summed E-state index contributed by atoms with van der Waals surface area (Å²) in [6, 6.07) is 0. The minimum absolute atomic E-state index is 0.205. The smallest absolute Gasteiger partial charge is 0.158 e. The first kappa shape index (κ1) is 11.6. The van der Waals surface area contributed by atoms with Crippen molar-refractivity contribution < 1.29 is 20.1 Å². The fourth-order valence-corrected chi connectivity index (χ4v) is 6.10. The zero-order valence-electron chi connectivity index (χ0n) is 10.5. The summed E-state index contributed by atoms with van der Waals surface area (Å²) in [7, 11) is 0. The van der Waals surface area contributed by atoms with Gasteiger partial charge in [-0.2, -0.15) is 0 Å². The van der Waals surface area contributed by atoms with Crippen LogP contribution in [0.5, 0.6) is 0 Å². The zero-order chi connectivity index (χ0) is 12.4. The van der Waals surface area contributed by atoms with Gasteiger partial charge in [-0.05, 0) is 54.3 Å². The fraction of sp³-hybridized carbons (Fsp3) is 1.00. The number of fused-ring (bicyclic) bond motifs is 3. The molecule has 102 valence electrons. The molecule has 0 amide bonds. The highest BCUT2D eigenvalue weighted by atomic mass is 16.6. The van der Waals surface area contributed by atoms with Gasteiger partial charge in [0.05, 0.1) is 6.61 Å². The predicted molar refractivity (Wildman–Crippen MR) is 63.3 cm³/mol. The molecule has 4 rings (SSSR count). The van der Waals surface area contributed by atoms with E-state index in [4.69, 9.17) is 4.74 Å². The maximum atomic E-state index is 10.1. The minimum atomic E-state index is -0.641. The molecule has 0 bridgehead atoms. The van der Waals surface area contributed by atoms with Crippen molar-refractivity contribution in [3.8, 4) is 0 Å². The summed E-state index contributed by atoms with van der Waals surface area (Å²) in [5.74, 6) is 3.57. The lowest BCUT2D eigenvalue weighted by Gasteiger charge is -2.25. The number of hydrogen-bond donors (Lipinski definition) is 3. The summed E-state index contributed by atoms with van der Waals surface area (Å²) in [4.78, 5) is 0. The van der Waals surface area contributed by atoms with Gasteiger partial charge in [0.25, 0.3) is 0 Å². The average Bonchev–Trinajstić information content (AvgIpc) is 3.04. The topological polar surface area (TPSA) is 69.9 Å². The van der Waals surface area contributed by atoms with E-state index in [2.05, 4.69) is 0 Å². The van der Waals surface area contributed by atoms with Crippen LogP contribution in [-0.4, -0.2) is 41.4 Å². The molecule has 0 aromatic rings. The van der Waals surface area contributed by atoms with Gasteiger partial charge in [-0.15, -0.1) is 0 Å². The molecular weight excluding hydrogens is 232 g/mol. The first-order chi connectivity index (χ1) is 8.76. The molecule has 3 saturated carbocycles. The Morgan fingerprint density at radius 1 is 0.889 bits per heavy atom. The van der Waals surface area contributed by atoms with Gasteiger partial charge in [0.1, 0.15) is 0 Å². The summed E-state index contributed by atoms with van der Waals surface area (Å²) in [6.45, 7) is 1.16. The van der Waals surface area contributed by atoms with Crippen molar-refractivity contribution in [2.24, 2.45) is 47.3 Å². The van der Waals surface area contributed by atoms with Crippen molar-refractivity contribution in [3.63, 3.8) is 0 Å². The Labute approximate surface area is 107 Å². The maximum Gasteiger partial charge on any atom is 0.158 e. The third-order valence-electron chi connectivity index (χ3n) is 6.42. The molecule has 0 aromatic heterocycles. The number of aliphatic hydroxyl groups is 3. The molecular formula is C14H22O4. The Kier molecular flexibility index (Phi) is 2.54. The van der Waals surface area contributed by atoms with Gasteiger partial charge in [-0.3, -0.25) is 0 Å². The molecule has 4 fully saturated rings. The summed E-state index contributed by atoms with van der Waals surface area (Å²) < 4.78 is 5.46. The Bertz CT molecular complexity index is 347. The van der Waals surface area contributed by atoms with E-state index in [9.17, 15) is 15.3 Å². The third-order valence-corrected chi connectivity index (χ3v) is 6.42. The normalized spacial score (nSPS) is 61.2. The summed E-state index contributed by atoms with van der Waals surface area (Å²) in [6.07, 6.45) is 1.55. The van der Waals surface area contributed by atoms with E-state index in [1.807, 2.05) is 0 Å². The quantitative estimate of drug-likeness (QED) is 0.652. The van der Waals surface area contributed by atoms with Crippen molar-refractivity contribution in [3.05, 3.63) is 0 Å². The molecule has 3 N–H and O–H groups in total. The van der Waals surface area contributed by atoms with Crippen molar-refractivity contribution in [2.45, 2.75) is 19.1 Å². The predicted octanol–water partition coefficient (Wildman–Crippen LogP) is 0.0702. The molecule has 1 saturated heterocycles. The van der Waals surface area contributed by atoms with E-state index < -0.39 is 6.29 Å². The van der Waals surface area contributed by atoms with Crippen LogP contribution in [0.2, 0.25) is 0 Å². The Balaban J connectivity index is 1.72. The third kappa shape index (κ3) is 1.25. The summed E-state index contributed by atoms with van der Waals surface area (Å²) in [5.41, 5.74) is 0. The van der Waals surface area contributed by atoms with Crippen molar-refractivity contribution >= 4 is 0 Å². The lowest BCUT2D eigenvalue weighted by molar-refractivity contribution is -0.0999.